The van der Waals surface area contributed by atoms with Crippen molar-refractivity contribution < 1.29 is 4.74 Å². The van der Waals surface area contributed by atoms with Crippen molar-refractivity contribution >= 4 is 23.4 Å². The molecule has 5 nitrogen and oxygen atoms in total. The van der Waals surface area contributed by atoms with Crippen LogP contribution in [0.5, 0.6) is 0 Å². The van der Waals surface area contributed by atoms with Crippen LogP contribution in [0.2, 0.25) is 0 Å². The number of ether oxygens (including phenoxy) is 1. The molecule has 0 aromatic carbocycles. The first-order valence-electron chi connectivity index (χ1n) is 6.70. The van der Waals surface area contributed by atoms with Gasteiger partial charge in [0, 0.05) is 32.9 Å². The third-order valence-electron chi connectivity index (χ3n) is 2.58. The molecule has 0 atom stereocenters. The van der Waals surface area contributed by atoms with E-state index in [1.165, 1.54) is 6.42 Å². The molecule has 0 aliphatic rings. The Bertz CT molecular complexity index is 362. The Labute approximate surface area is 119 Å². The summed E-state index contributed by atoms with van der Waals surface area (Å²) in [5.41, 5.74) is 0. The van der Waals surface area contributed by atoms with Gasteiger partial charge in [-0.25, -0.2) is 9.97 Å². The molecule has 2 N–H and O–H groups in total. The van der Waals surface area contributed by atoms with Crippen LogP contribution in [0.15, 0.2) is 11.2 Å². The highest BCUT2D eigenvalue weighted by Gasteiger charge is 2.02. The molecule has 19 heavy (non-hydrogen) atoms. The third kappa shape index (κ3) is 6.63. The first-order chi connectivity index (χ1) is 9.30. The second-order valence-electron chi connectivity index (χ2n) is 4.14. The maximum absolute atomic E-state index is 5.03. The van der Waals surface area contributed by atoms with Gasteiger partial charge in [-0.1, -0.05) is 11.8 Å². The number of rotatable bonds is 10. The van der Waals surface area contributed by atoms with Crippen LogP contribution in [0.25, 0.3) is 0 Å². The standard InChI is InChI=1S/C13H24N4OS/c1-4-14-11-10-12(17-13(16-11)19-3)15-8-6-5-7-9-18-2/h10H,4-9H2,1-3H3,(H2,14,15,16,17). The average Bonchev–Trinajstić information content (AvgIpc) is 2.43. The lowest BCUT2D eigenvalue weighted by Gasteiger charge is -2.09. The van der Waals surface area contributed by atoms with E-state index in [1.807, 2.05) is 12.3 Å². The van der Waals surface area contributed by atoms with E-state index in [0.717, 1.165) is 49.3 Å². The first kappa shape index (κ1) is 16.0. The van der Waals surface area contributed by atoms with Gasteiger partial charge in [0.05, 0.1) is 0 Å². The molecule has 0 saturated heterocycles. The number of nitrogens with zero attached hydrogens (tertiary/aromatic N) is 2. The van der Waals surface area contributed by atoms with Crippen LogP contribution >= 0.6 is 11.8 Å². The molecule has 0 amide bonds. The second-order valence-corrected chi connectivity index (χ2v) is 4.91. The summed E-state index contributed by atoms with van der Waals surface area (Å²) in [5, 5.41) is 7.36. The number of anilines is 2. The van der Waals surface area contributed by atoms with E-state index in [0.29, 0.717) is 0 Å². The summed E-state index contributed by atoms with van der Waals surface area (Å²) in [7, 11) is 1.74. The summed E-state index contributed by atoms with van der Waals surface area (Å²) in [6.07, 6.45) is 5.39. The van der Waals surface area contributed by atoms with Crippen LogP contribution in [-0.2, 0) is 4.74 Å². The molecular weight excluding hydrogens is 260 g/mol. The molecule has 0 bridgehead atoms. The summed E-state index contributed by atoms with van der Waals surface area (Å²) in [5.74, 6) is 1.77. The van der Waals surface area contributed by atoms with Gasteiger partial charge >= 0.3 is 0 Å². The Morgan fingerprint density at radius 1 is 1.16 bits per heavy atom. The van der Waals surface area contributed by atoms with Crippen LogP contribution < -0.4 is 10.6 Å². The van der Waals surface area contributed by atoms with Crippen LogP contribution in [0.1, 0.15) is 26.2 Å². The number of hydrogen-bond acceptors (Lipinski definition) is 6. The fourth-order valence-electron chi connectivity index (χ4n) is 1.64. The molecule has 1 rings (SSSR count). The average molecular weight is 284 g/mol. The zero-order valence-corrected chi connectivity index (χ0v) is 12.8. The Balaban J connectivity index is 2.41. The van der Waals surface area contributed by atoms with Crippen molar-refractivity contribution in [2.45, 2.75) is 31.3 Å². The summed E-state index contributed by atoms with van der Waals surface area (Å²) in [6.45, 7) is 4.69. The summed E-state index contributed by atoms with van der Waals surface area (Å²) in [4.78, 5) is 8.84. The molecule has 108 valence electrons. The van der Waals surface area contributed by atoms with Crippen molar-refractivity contribution in [1.29, 1.82) is 0 Å². The lowest BCUT2D eigenvalue weighted by Crippen LogP contribution is -2.07. The van der Waals surface area contributed by atoms with Gasteiger partial charge in [-0.3, -0.25) is 0 Å². The molecule has 1 heterocycles. The van der Waals surface area contributed by atoms with Gasteiger partial charge < -0.3 is 15.4 Å². The molecule has 1 aromatic heterocycles. The van der Waals surface area contributed by atoms with E-state index in [1.54, 1.807) is 18.9 Å². The minimum Gasteiger partial charge on any atom is -0.385 e. The number of unbranched alkanes of at least 4 members (excludes halogenated alkanes) is 2. The molecule has 0 fully saturated rings. The van der Waals surface area contributed by atoms with Gasteiger partial charge in [0.15, 0.2) is 5.16 Å². The third-order valence-corrected chi connectivity index (χ3v) is 3.13. The Kier molecular flexibility index (Phi) is 8.33. The van der Waals surface area contributed by atoms with Crippen LogP contribution in [0, 0.1) is 0 Å². The first-order valence-corrected chi connectivity index (χ1v) is 7.92. The number of thioether (sulfide) groups is 1. The number of hydrogen-bond donors (Lipinski definition) is 2. The van der Waals surface area contributed by atoms with Gasteiger partial charge in [-0.2, -0.15) is 0 Å². The quantitative estimate of drug-likeness (QED) is 0.391. The van der Waals surface area contributed by atoms with E-state index < -0.39 is 0 Å². The van der Waals surface area contributed by atoms with Crippen molar-refractivity contribution in [3.63, 3.8) is 0 Å². The van der Waals surface area contributed by atoms with Crippen LogP contribution in [0.4, 0.5) is 11.6 Å². The Morgan fingerprint density at radius 2 is 1.89 bits per heavy atom. The lowest BCUT2D eigenvalue weighted by atomic mass is 10.2. The highest BCUT2D eigenvalue weighted by Crippen LogP contribution is 2.17. The highest BCUT2D eigenvalue weighted by atomic mass is 32.2. The van der Waals surface area contributed by atoms with Crippen LogP contribution in [0.3, 0.4) is 0 Å². The van der Waals surface area contributed by atoms with E-state index in [-0.39, 0.29) is 0 Å². The zero-order valence-electron chi connectivity index (χ0n) is 12.0. The van der Waals surface area contributed by atoms with Gasteiger partial charge in [0.25, 0.3) is 0 Å². The Hall–Kier alpha value is -1.01. The smallest absolute Gasteiger partial charge is 0.191 e. The summed E-state index contributed by atoms with van der Waals surface area (Å²) in [6, 6.07) is 1.96. The van der Waals surface area contributed by atoms with Crippen molar-refractivity contribution in [2.75, 3.05) is 43.7 Å². The predicted molar refractivity (Wildman–Crippen MR) is 82.2 cm³/mol. The zero-order chi connectivity index (χ0) is 13.9. The molecule has 0 spiro atoms. The molecule has 0 aliphatic carbocycles. The van der Waals surface area contributed by atoms with Crippen LogP contribution in [-0.4, -0.2) is 43.0 Å². The normalized spacial score (nSPS) is 10.5. The molecule has 0 radical (unpaired) electrons. The van der Waals surface area contributed by atoms with Crippen molar-refractivity contribution in [3.8, 4) is 0 Å². The van der Waals surface area contributed by atoms with Crippen molar-refractivity contribution in [3.05, 3.63) is 6.07 Å². The second kappa shape index (κ2) is 9.86. The highest BCUT2D eigenvalue weighted by molar-refractivity contribution is 7.98. The predicted octanol–water partition coefficient (Wildman–Crippen LogP) is 2.86. The topological polar surface area (TPSA) is 59.1 Å². The van der Waals surface area contributed by atoms with Gasteiger partial charge in [-0.05, 0) is 32.4 Å². The Morgan fingerprint density at radius 3 is 2.53 bits per heavy atom. The van der Waals surface area contributed by atoms with Crippen molar-refractivity contribution in [2.24, 2.45) is 0 Å². The van der Waals surface area contributed by atoms with Crippen molar-refractivity contribution in [1.82, 2.24) is 9.97 Å². The van der Waals surface area contributed by atoms with Gasteiger partial charge in [0.1, 0.15) is 11.6 Å². The van der Waals surface area contributed by atoms with Gasteiger partial charge in [-0.15, -0.1) is 0 Å². The number of methoxy groups -OCH3 is 1. The monoisotopic (exact) mass is 284 g/mol. The van der Waals surface area contributed by atoms with E-state index in [2.05, 4.69) is 27.5 Å². The minimum atomic E-state index is 0.792. The number of nitrogens with one attached hydrogen (secondary N) is 2. The fourth-order valence-corrected chi connectivity index (χ4v) is 2.02. The number of aromatic nitrogens is 2. The lowest BCUT2D eigenvalue weighted by molar-refractivity contribution is 0.192. The summed E-state index contributed by atoms with van der Waals surface area (Å²) < 4.78 is 5.03. The van der Waals surface area contributed by atoms with E-state index >= 15 is 0 Å². The summed E-state index contributed by atoms with van der Waals surface area (Å²) >= 11 is 1.55. The maximum atomic E-state index is 5.03. The molecule has 0 aliphatic heterocycles. The molecule has 0 unspecified atom stereocenters. The van der Waals surface area contributed by atoms with E-state index in [4.69, 9.17) is 4.74 Å². The SMILES string of the molecule is CCNc1cc(NCCCCCOC)nc(SC)n1. The largest absolute Gasteiger partial charge is 0.385 e. The fraction of sp³-hybridized carbons (Fsp3) is 0.692. The molecular formula is C13H24N4OS. The molecule has 6 heteroatoms. The molecule has 0 saturated carbocycles. The molecule has 1 aromatic rings. The minimum absolute atomic E-state index is 0.792. The maximum Gasteiger partial charge on any atom is 0.191 e. The van der Waals surface area contributed by atoms with Gasteiger partial charge in [0.2, 0.25) is 0 Å². The van der Waals surface area contributed by atoms with E-state index in [9.17, 15) is 0 Å².